The fourth-order valence-corrected chi connectivity index (χ4v) is 5.91. The molecule has 10 N–H and O–H groups in total. The second-order valence-electron chi connectivity index (χ2n) is 9.61. The molecular weight excluding hydrogens is 585 g/mol. The molecule has 2 aliphatic heterocycles. The number of phosphoric acid groups is 1. The van der Waals surface area contributed by atoms with Gasteiger partial charge in [-0.15, -0.1) is 0 Å². The number of fused-ring (bicyclic) bond motifs is 2. The van der Waals surface area contributed by atoms with E-state index in [-0.39, 0.29) is 34.0 Å². The summed E-state index contributed by atoms with van der Waals surface area (Å²) in [7, 11) is -5.04. The number of nitrogens with zero attached hydrogens (tertiary/aromatic N) is 6. The summed E-state index contributed by atoms with van der Waals surface area (Å²) >= 11 is 0. The molecule has 4 aromatic rings. The molecule has 0 saturated carbocycles. The maximum atomic E-state index is 13.0. The highest BCUT2D eigenvalue weighted by atomic mass is 31.2. The zero-order chi connectivity index (χ0) is 29.9. The molecule has 0 amide bonds. The third kappa shape index (κ3) is 4.82. The highest BCUT2D eigenvalue weighted by Crippen LogP contribution is 2.50. The van der Waals surface area contributed by atoms with Gasteiger partial charge < -0.3 is 50.8 Å². The summed E-state index contributed by atoms with van der Waals surface area (Å²) in [6.07, 6.45) is -7.60. The Kier molecular flexibility index (Phi) is 7.22. The summed E-state index contributed by atoms with van der Waals surface area (Å²) in [4.78, 5) is 41.2. The Balaban J connectivity index is 1.19. The van der Waals surface area contributed by atoms with E-state index in [1.165, 1.54) is 34.1 Å². The Hall–Kier alpha value is -3.56. The molecule has 4 aromatic heterocycles. The predicted octanol–water partition coefficient (Wildman–Crippen LogP) is -2.90. The molecule has 6 heterocycles. The lowest BCUT2D eigenvalue weighted by molar-refractivity contribution is -0.0614. The van der Waals surface area contributed by atoms with E-state index in [2.05, 4.69) is 24.9 Å². The van der Waals surface area contributed by atoms with E-state index in [0.717, 1.165) is 0 Å². The molecule has 42 heavy (non-hydrogen) atoms. The van der Waals surface area contributed by atoms with Crippen LogP contribution in [-0.2, 0) is 23.1 Å². The number of aliphatic hydroxyl groups is 4. The molecule has 3 unspecified atom stereocenters. The van der Waals surface area contributed by atoms with Gasteiger partial charge in [0.25, 0.3) is 5.56 Å². The Bertz CT molecular complexity index is 1730. The number of aliphatic hydroxyl groups excluding tert-OH is 4. The van der Waals surface area contributed by atoms with Gasteiger partial charge in [0.15, 0.2) is 29.6 Å². The van der Waals surface area contributed by atoms with Crippen LogP contribution >= 0.6 is 7.82 Å². The quantitative estimate of drug-likeness (QED) is 0.0926. The predicted molar refractivity (Wildman–Crippen MR) is 138 cm³/mol. The maximum Gasteiger partial charge on any atom is 0.472 e. The van der Waals surface area contributed by atoms with E-state index in [1.54, 1.807) is 0 Å². The van der Waals surface area contributed by atoms with Crippen molar-refractivity contribution in [1.82, 2.24) is 34.1 Å². The topological polar surface area (TPSA) is 301 Å². The number of hydrogen-bond donors (Lipinski definition) is 8. The van der Waals surface area contributed by atoms with Crippen LogP contribution < -0.4 is 17.0 Å². The summed E-state index contributed by atoms with van der Waals surface area (Å²) in [5.74, 6) is -0.127. The van der Waals surface area contributed by atoms with Crippen molar-refractivity contribution in [2.75, 3.05) is 24.7 Å². The van der Waals surface area contributed by atoms with Gasteiger partial charge in [-0.05, 0) is 6.07 Å². The van der Waals surface area contributed by atoms with Crippen LogP contribution in [0, 0.1) is 0 Å². The van der Waals surface area contributed by atoms with Crippen LogP contribution in [0.2, 0.25) is 0 Å². The SMILES string of the molecule is Nc1nc2c(ccn2[C@@H]2OC(CO)[C@@H](O)[C@H]2OP(=O)(O)OCC2O[C@@H](n3cnc4c(N)ncnc43)[C@H](O)[C@@H]2O)c(=O)[nH]1. The monoisotopic (exact) mass is 611 g/mol. The summed E-state index contributed by atoms with van der Waals surface area (Å²) in [6.45, 7) is -1.41. The van der Waals surface area contributed by atoms with E-state index < -0.39 is 75.7 Å². The van der Waals surface area contributed by atoms with Crippen LogP contribution in [-0.4, -0.2) is 109 Å². The number of nitrogens with one attached hydrogen (secondary N) is 1. The molecule has 0 bridgehead atoms. The molecule has 20 nitrogen and oxygen atoms in total. The number of aromatic amines is 1. The first-order valence-electron chi connectivity index (χ1n) is 12.4. The van der Waals surface area contributed by atoms with Crippen molar-refractivity contribution in [3.63, 3.8) is 0 Å². The van der Waals surface area contributed by atoms with Gasteiger partial charge in [0.05, 0.1) is 24.9 Å². The first-order valence-corrected chi connectivity index (χ1v) is 13.9. The highest BCUT2D eigenvalue weighted by Gasteiger charge is 2.50. The molecule has 2 aliphatic rings. The summed E-state index contributed by atoms with van der Waals surface area (Å²) in [6, 6.07) is 1.39. The minimum absolute atomic E-state index is 0.0240. The van der Waals surface area contributed by atoms with Crippen LogP contribution in [0.5, 0.6) is 0 Å². The van der Waals surface area contributed by atoms with Gasteiger partial charge in [-0.25, -0.2) is 19.5 Å². The smallest absolute Gasteiger partial charge is 0.394 e. The van der Waals surface area contributed by atoms with E-state index in [1.807, 2.05) is 0 Å². The molecule has 0 aliphatic carbocycles. The molecule has 2 saturated heterocycles. The number of H-pyrrole nitrogens is 1. The fourth-order valence-electron chi connectivity index (χ4n) is 4.98. The van der Waals surface area contributed by atoms with Crippen molar-refractivity contribution in [2.45, 2.75) is 49.1 Å². The van der Waals surface area contributed by atoms with Crippen LogP contribution in [0.25, 0.3) is 22.2 Å². The second-order valence-corrected chi connectivity index (χ2v) is 11.0. The van der Waals surface area contributed by atoms with E-state index in [4.69, 9.17) is 30.0 Å². The summed E-state index contributed by atoms with van der Waals surface area (Å²) in [5, 5.41) is 41.7. The fraction of sp³-hybridized carbons (Fsp3) is 0.476. The zero-order valence-electron chi connectivity index (χ0n) is 21.3. The van der Waals surface area contributed by atoms with Crippen LogP contribution in [0.4, 0.5) is 11.8 Å². The van der Waals surface area contributed by atoms with Gasteiger partial charge in [0.2, 0.25) is 5.95 Å². The molecule has 2 fully saturated rings. The molecular formula is C21H26N9O11P. The van der Waals surface area contributed by atoms with Crippen molar-refractivity contribution in [3.8, 4) is 0 Å². The molecule has 9 atom stereocenters. The van der Waals surface area contributed by atoms with E-state index >= 15 is 0 Å². The lowest BCUT2D eigenvalue weighted by Crippen LogP contribution is -2.36. The highest BCUT2D eigenvalue weighted by molar-refractivity contribution is 7.47. The molecule has 0 spiro atoms. The van der Waals surface area contributed by atoms with Crippen molar-refractivity contribution in [1.29, 1.82) is 0 Å². The number of phosphoric ester groups is 1. The number of nitrogens with two attached hydrogens (primary N) is 2. The number of nitrogen functional groups attached to an aromatic ring is 2. The van der Waals surface area contributed by atoms with E-state index in [9.17, 15) is 34.7 Å². The van der Waals surface area contributed by atoms with Crippen molar-refractivity contribution >= 4 is 41.8 Å². The normalized spacial score (nSPS) is 31.3. The molecule has 0 radical (unpaired) electrons. The maximum absolute atomic E-state index is 13.0. The first kappa shape index (κ1) is 28.6. The molecule has 21 heteroatoms. The van der Waals surface area contributed by atoms with Crippen LogP contribution in [0.1, 0.15) is 12.5 Å². The van der Waals surface area contributed by atoms with Crippen LogP contribution in [0.15, 0.2) is 29.7 Å². The average Bonchev–Trinajstić information content (AvgIpc) is 3.69. The summed E-state index contributed by atoms with van der Waals surface area (Å²) < 4.78 is 37.3. The Morgan fingerprint density at radius 2 is 1.79 bits per heavy atom. The number of imidazole rings is 1. The second kappa shape index (κ2) is 10.6. The zero-order valence-corrected chi connectivity index (χ0v) is 22.2. The Morgan fingerprint density at radius 3 is 2.55 bits per heavy atom. The summed E-state index contributed by atoms with van der Waals surface area (Å²) in [5.41, 5.74) is 11.4. The number of anilines is 2. The number of ether oxygens (including phenoxy) is 2. The molecule has 6 rings (SSSR count). The van der Waals surface area contributed by atoms with Crippen molar-refractivity contribution in [2.24, 2.45) is 0 Å². The van der Waals surface area contributed by atoms with Gasteiger partial charge in [-0.2, -0.15) is 4.98 Å². The standard InChI is InChI=1S/C21H26N9O11P/c22-15-10-17(25-5-24-15)30(6-26-10)19-13(34)11(32)9(40-19)4-38-42(36,37)41-14-12(33)8(3-31)39-20(14)29-2-1-7-16(29)27-21(23)28-18(7)35/h1-2,5-6,8-9,11-14,19-20,31-34H,3-4H2,(H,36,37)(H2,22,24,25)(H3,23,27,28,35)/t8?,9?,11-,12-,13-,14-,19-,20-/m1/s1. The Morgan fingerprint density at radius 1 is 1.02 bits per heavy atom. The third-order valence-corrected chi connectivity index (χ3v) is 8.01. The van der Waals surface area contributed by atoms with Gasteiger partial charge >= 0.3 is 7.82 Å². The first-order chi connectivity index (χ1) is 20.0. The lowest BCUT2D eigenvalue weighted by atomic mass is 10.1. The van der Waals surface area contributed by atoms with Gasteiger partial charge in [0, 0.05) is 6.20 Å². The van der Waals surface area contributed by atoms with E-state index in [0.29, 0.717) is 0 Å². The van der Waals surface area contributed by atoms with Gasteiger partial charge in [-0.1, -0.05) is 0 Å². The minimum atomic E-state index is -5.04. The van der Waals surface area contributed by atoms with Crippen molar-refractivity contribution < 1.29 is 48.4 Å². The Labute approximate surface area is 233 Å². The number of hydrogen-bond acceptors (Lipinski definition) is 16. The van der Waals surface area contributed by atoms with Crippen molar-refractivity contribution in [3.05, 3.63) is 35.3 Å². The lowest BCUT2D eigenvalue weighted by Gasteiger charge is -2.25. The number of aromatic nitrogens is 7. The van der Waals surface area contributed by atoms with Gasteiger partial charge in [-0.3, -0.25) is 23.4 Å². The minimum Gasteiger partial charge on any atom is -0.394 e. The number of rotatable bonds is 8. The third-order valence-electron chi connectivity index (χ3n) is 7.02. The van der Waals surface area contributed by atoms with Gasteiger partial charge in [0.1, 0.15) is 48.5 Å². The molecule has 0 aromatic carbocycles. The largest absolute Gasteiger partial charge is 0.472 e. The average molecular weight is 611 g/mol. The van der Waals surface area contributed by atoms with Crippen LogP contribution in [0.3, 0.4) is 0 Å². The molecule has 226 valence electrons.